The van der Waals surface area contributed by atoms with Crippen LogP contribution in [0.15, 0.2) is 59.5 Å². The van der Waals surface area contributed by atoms with Crippen molar-refractivity contribution in [2.75, 3.05) is 18.5 Å². The van der Waals surface area contributed by atoms with Gasteiger partial charge in [0.05, 0.1) is 11.3 Å². The van der Waals surface area contributed by atoms with E-state index in [0.717, 1.165) is 0 Å². The van der Waals surface area contributed by atoms with E-state index in [-0.39, 0.29) is 17.9 Å². The minimum atomic E-state index is -3.74. The molecule has 0 aromatic heterocycles. The third kappa shape index (κ3) is 6.47. The van der Waals surface area contributed by atoms with Gasteiger partial charge in [-0.15, -0.1) is 0 Å². The molecular weight excluding hydrogens is 380 g/mol. The number of nitrogens with one attached hydrogen (secondary N) is 2. The van der Waals surface area contributed by atoms with Gasteiger partial charge in [0, 0.05) is 17.3 Å². The summed E-state index contributed by atoms with van der Waals surface area (Å²) in [6.45, 7) is -0.595. The zero-order valence-corrected chi connectivity index (χ0v) is 15.2. The Balaban J connectivity index is 1.71. The van der Waals surface area contributed by atoms with Gasteiger partial charge in [-0.05, 0) is 36.4 Å². The lowest BCUT2D eigenvalue weighted by molar-refractivity contribution is -0.147. The number of hydrogen-bond donors (Lipinski definition) is 2. The molecule has 2 aromatic carbocycles. The number of amides is 1. The lowest BCUT2D eigenvalue weighted by Gasteiger charge is -2.08. The molecule has 0 saturated carbocycles. The van der Waals surface area contributed by atoms with E-state index in [1.54, 1.807) is 30.3 Å². The standard InChI is InChI=1S/C17H17ClN2O5S/c18-13-6-8-15(9-7-13)26(23,24)19-11-10-17(22)25-12-16(21)20-14-4-2-1-3-5-14/h1-9,19H,10-12H2,(H,20,21). The van der Waals surface area contributed by atoms with Crippen molar-refractivity contribution in [1.82, 2.24) is 4.72 Å². The molecule has 2 N–H and O–H groups in total. The van der Waals surface area contributed by atoms with Crippen molar-refractivity contribution in [2.24, 2.45) is 0 Å². The second-order valence-electron chi connectivity index (χ2n) is 5.18. The molecule has 0 saturated heterocycles. The van der Waals surface area contributed by atoms with Gasteiger partial charge in [-0.1, -0.05) is 29.8 Å². The number of hydrogen-bond acceptors (Lipinski definition) is 5. The number of ether oxygens (including phenoxy) is 1. The molecule has 2 aromatic rings. The van der Waals surface area contributed by atoms with Gasteiger partial charge in [-0.25, -0.2) is 13.1 Å². The number of halogens is 1. The zero-order valence-electron chi connectivity index (χ0n) is 13.6. The van der Waals surface area contributed by atoms with Crippen LogP contribution in [-0.2, 0) is 24.3 Å². The molecule has 0 spiro atoms. The Hall–Kier alpha value is -2.42. The van der Waals surface area contributed by atoms with E-state index >= 15 is 0 Å². The summed E-state index contributed by atoms with van der Waals surface area (Å²) in [5, 5.41) is 2.98. The Morgan fingerprint density at radius 2 is 1.65 bits per heavy atom. The highest BCUT2D eigenvalue weighted by molar-refractivity contribution is 7.89. The van der Waals surface area contributed by atoms with Gasteiger partial charge >= 0.3 is 5.97 Å². The molecule has 0 aliphatic carbocycles. The van der Waals surface area contributed by atoms with Gasteiger partial charge in [0.2, 0.25) is 10.0 Å². The topological polar surface area (TPSA) is 102 Å². The highest BCUT2D eigenvalue weighted by atomic mass is 35.5. The first-order valence-corrected chi connectivity index (χ1v) is 9.49. The fourth-order valence-corrected chi connectivity index (χ4v) is 3.08. The number of carbonyl (C=O) groups is 2. The third-order valence-corrected chi connectivity index (χ3v) is 4.90. The van der Waals surface area contributed by atoms with Crippen LogP contribution in [0.2, 0.25) is 5.02 Å². The van der Waals surface area contributed by atoms with Crippen molar-refractivity contribution < 1.29 is 22.7 Å². The van der Waals surface area contributed by atoms with Gasteiger partial charge in [-0.2, -0.15) is 0 Å². The molecule has 1 amide bonds. The summed E-state index contributed by atoms with van der Waals surface area (Å²) in [5.41, 5.74) is 0.587. The van der Waals surface area contributed by atoms with Crippen LogP contribution in [0.25, 0.3) is 0 Å². The van der Waals surface area contributed by atoms with Crippen LogP contribution < -0.4 is 10.0 Å². The molecule has 26 heavy (non-hydrogen) atoms. The number of rotatable bonds is 8. The zero-order chi connectivity index (χ0) is 19.0. The molecule has 0 bridgehead atoms. The highest BCUT2D eigenvalue weighted by Gasteiger charge is 2.15. The monoisotopic (exact) mass is 396 g/mol. The van der Waals surface area contributed by atoms with Gasteiger partial charge in [0.15, 0.2) is 6.61 Å². The molecular formula is C17H17ClN2O5S. The predicted molar refractivity (Wildman–Crippen MR) is 97.3 cm³/mol. The summed E-state index contributed by atoms with van der Waals surface area (Å²) >= 11 is 5.71. The molecule has 7 nitrogen and oxygen atoms in total. The van der Waals surface area contributed by atoms with Gasteiger partial charge in [0.1, 0.15) is 0 Å². The maximum Gasteiger partial charge on any atom is 0.307 e. The Kier molecular flexibility index (Phi) is 7.14. The number of para-hydroxylation sites is 1. The average molecular weight is 397 g/mol. The average Bonchev–Trinajstić information content (AvgIpc) is 2.61. The predicted octanol–water partition coefficient (Wildman–Crippen LogP) is 2.19. The van der Waals surface area contributed by atoms with Crippen molar-refractivity contribution in [3.63, 3.8) is 0 Å². The summed E-state index contributed by atoms with van der Waals surface area (Å²) in [6, 6.07) is 14.3. The number of benzene rings is 2. The van der Waals surface area contributed by atoms with Crippen LogP contribution in [0.5, 0.6) is 0 Å². The maximum atomic E-state index is 12.0. The van der Waals surface area contributed by atoms with E-state index in [2.05, 4.69) is 10.0 Å². The maximum absolute atomic E-state index is 12.0. The molecule has 0 radical (unpaired) electrons. The van der Waals surface area contributed by atoms with Crippen molar-refractivity contribution in [2.45, 2.75) is 11.3 Å². The van der Waals surface area contributed by atoms with Crippen LogP contribution in [-0.4, -0.2) is 33.4 Å². The molecule has 0 aliphatic rings. The fraction of sp³-hybridized carbons (Fsp3) is 0.176. The van der Waals surface area contributed by atoms with E-state index in [9.17, 15) is 18.0 Å². The van der Waals surface area contributed by atoms with Crippen LogP contribution >= 0.6 is 11.6 Å². The summed E-state index contributed by atoms with van der Waals surface area (Å²) in [7, 11) is -3.74. The van der Waals surface area contributed by atoms with E-state index in [1.807, 2.05) is 0 Å². The summed E-state index contributed by atoms with van der Waals surface area (Å²) in [5.74, 6) is -1.17. The highest BCUT2D eigenvalue weighted by Crippen LogP contribution is 2.13. The molecule has 0 fully saturated rings. The van der Waals surface area contributed by atoms with E-state index < -0.39 is 28.5 Å². The van der Waals surface area contributed by atoms with Crippen LogP contribution in [0.3, 0.4) is 0 Å². The van der Waals surface area contributed by atoms with E-state index in [0.29, 0.717) is 10.7 Å². The quantitative estimate of drug-likeness (QED) is 0.666. The van der Waals surface area contributed by atoms with Crippen LogP contribution in [0.4, 0.5) is 5.69 Å². The first kappa shape index (κ1) is 19.9. The molecule has 0 heterocycles. The molecule has 138 valence electrons. The Morgan fingerprint density at radius 1 is 1.00 bits per heavy atom. The normalized spacial score (nSPS) is 11.0. The van der Waals surface area contributed by atoms with E-state index in [1.165, 1.54) is 24.3 Å². The van der Waals surface area contributed by atoms with Crippen molar-refractivity contribution in [1.29, 1.82) is 0 Å². The minimum Gasteiger partial charge on any atom is -0.456 e. The van der Waals surface area contributed by atoms with Gasteiger partial charge < -0.3 is 10.1 Å². The molecule has 0 atom stereocenters. The Bertz CT molecular complexity index is 854. The summed E-state index contributed by atoms with van der Waals surface area (Å²) in [4.78, 5) is 23.3. The van der Waals surface area contributed by atoms with Gasteiger partial charge in [0.25, 0.3) is 5.91 Å². The van der Waals surface area contributed by atoms with Crippen molar-refractivity contribution in [3.05, 3.63) is 59.6 Å². The van der Waals surface area contributed by atoms with E-state index in [4.69, 9.17) is 16.3 Å². The summed E-state index contributed by atoms with van der Waals surface area (Å²) < 4.78 is 31.1. The lowest BCUT2D eigenvalue weighted by atomic mass is 10.3. The van der Waals surface area contributed by atoms with Crippen molar-refractivity contribution >= 4 is 39.2 Å². The molecule has 2 rings (SSSR count). The fourth-order valence-electron chi connectivity index (χ4n) is 1.92. The largest absolute Gasteiger partial charge is 0.456 e. The Labute approximate surface area is 156 Å². The Morgan fingerprint density at radius 3 is 2.31 bits per heavy atom. The third-order valence-electron chi connectivity index (χ3n) is 3.17. The minimum absolute atomic E-state index is 0.0394. The second kappa shape index (κ2) is 9.33. The molecule has 0 aliphatic heterocycles. The second-order valence-corrected chi connectivity index (χ2v) is 7.38. The van der Waals surface area contributed by atoms with Crippen LogP contribution in [0, 0.1) is 0 Å². The smallest absolute Gasteiger partial charge is 0.307 e. The van der Waals surface area contributed by atoms with Crippen LogP contribution in [0.1, 0.15) is 6.42 Å². The number of sulfonamides is 1. The number of esters is 1. The number of anilines is 1. The lowest BCUT2D eigenvalue weighted by Crippen LogP contribution is -2.27. The van der Waals surface area contributed by atoms with Crippen molar-refractivity contribution in [3.8, 4) is 0 Å². The van der Waals surface area contributed by atoms with Gasteiger partial charge in [-0.3, -0.25) is 9.59 Å². The summed E-state index contributed by atoms with van der Waals surface area (Å²) in [6.07, 6.45) is -0.203. The molecule has 9 heteroatoms. The SMILES string of the molecule is O=C(COC(=O)CCNS(=O)(=O)c1ccc(Cl)cc1)Nc1ccccc1. The number of carbonyl (C=O) groups excluding carboxylic acids is 2. The molecule has 0 unspecified atom stereocenters. The first-order chi connectivity index (χ1) is 12.4. The first-order valence-electron chi connectivity index (χ1n) is 7.62.